The zero-order valence-corrected chi connectivity index (χ0v) is 15.3. The van der Waals surface area contributed by atoms with E-state index in [1.165, 1.54) is 18.2 Å². The van der Waals surface area contributed by atoms with Crippen molar-refractivity contribution in [3.05, 3.63) is 69.3 Å². The van der Waals surface area contributed by atoms with E-state index in [-0.39, 0.29) is 29.7 Å². The third-order valence-corrected chi connectivity index (χ3v) is 3.96. The number of nitro benzene ring substituents is 1. The number of carbonyl (C=O) groups is 2. The molecule has 8 heteroatoms. The van der Waals surface area contributed by atoms with Crippen LogP contribution >= 0.6 is 0 Å². The van der Waals surface area contributed by atoms with E-state index < -0.39 is 10.8 Å². The Morgan fingerprint density at radius 2 is 1.96 bits per heavy atom. The monoisotopic (exact) mass is 371 g/mol. The van der Waals surface area contributed by atoms with E-state index in [9.17, 15) is 19.7 Å². The van der Waals surface area contributed by atoms with Crippen molar-refractivity contribution in [2.24, 2.45) is 0 Å². The van der Waals surface area contributed by atoms with Gasteiger partial charge in [-0.05, 0) is 26.0 Å². The lowest BCUT2D eigenvalue weighted by Crippen LogP contribution is -2.38. The number of non-ortho nitro benzene ring substituents is 1. The third kappa shape index (κ3) is 5.27. The Morgan fingerprint density at radius 3 is 2.63 bits per heavy atom. The van der Waals surface area contributed by atoms with E-state index >= 15 is 0 Å². The highest BCUT2D eigenvalue weighted by molar-refractivity contribution is 5.97. The number of carbonyl (C=O) groups excluding carboxylic acids is 2. The van der Waals surface area contributed by atoms with Gasteiger partial charge in [-0.3, -0.25) is 19.7 Å². The Bertz CT molecular complexity index is 866. The van der Waals surface area contributed by atoms with Gasteiger partial charge in [-0.25, -0.2) is 0 Å². The van der Waals surface area contributed by atoms with Crippen LogP contribution < -0.4 is 15.4 Å². The van der Waals surface area contributed by atoms with Gasteiger partial charge in [0.05, 0.1) is 24.6 Å². The number of nitrogens with one attached hydrogen (secondary N) is 2. The number of hydrogen-bond acceptors (Lipinski definition) is 5. The molecule has 0 bridgehead atoms. The highest BCUT2D eigenvalue weighted by atomic mass is 16.6. The Hall–Kier alpha value is -3.42. The van der Waals surface area contributed by atoms with Crippen LogP contribution in [0.25, 0.3) is 0 Å². The van der Waals surface area contributed by atoms with Crippen LogP contribution in [0.15, 0.2) is 42.5 Å². The molecule has 0 aliphatic carbocycles. The molecule has 0 aliphatic heterocycles. The first-order valence-electron chi connectivity index (χ1n) is 8.28. The molecular formula is C19H21N3O5. The molecule has 2 N–H and O–H groups in total. The normalized spacial score (nSPS) is 11.4. The van der Waals surface area contributed by atoms with E-state index in [4.69, 9.17) is 4.74 Å². The van der Waals surface area contributed by atoms with Gasteiger partial charge >= 0.3 is 0 Å². The van der Waals surface area contributed by atoms with E-state index in [0.29, 0.717) is 5.75 Å². The summed E-state index contributed by atoms with van der Waals surface area (Å²) in [5.74, 6) is -0.284. The van der Waals surface area contributed by atoms with Crippen molar-refractivity contribution in [2.45, 2.75) is 19.9 Å². The quantitative estimate of drug-likeness (QED) is 0.574. The zero-order chi connectivity index (χ0) is 20.0. The molecule has 27 heavy (non-hydrogen) atoms. The Labute approximate surface area is 156 Å². The van der Waals surface area contributed by atoms with Crippen LogP contribution in [0.5, 0.6) is 5.75 Å². The lowest BCUT2D eigenvalue weighted by molar-refractivity contribution is -0.384. The van der Waals surface area contributed by atoms with Gasteiger partial charge in [0.15, 0.2) is 0 Å². The summed E-state index contributed by atoms with van der Waals surface area (Å²) >= 11 is 0. The Balaban J connectivity index is 1.96. The van der Waals surface area contributed by atoms with Gasteiger partial charge in [-0.2, -0.15) is 0 Å². The second-order valence-electron chi connectivity index (χ2n) is 6.02. The summed E-state index contributed by atoms with van der Waals surface area (Å²) in [6, 6.07) is 10.7. The van der Waals surface area contributed by atoms with Crippen molar-refractivity contribution >= 4 is 17.5 Å². The largest absolute Gasteiger partial charge is 0.496 e. The molecule has 0 unspecified atom stereocenters. The second-order valence-corrected chi connectivity index (χ2v) is 6.02. The number of ether oxygens (including phenoxy) is 1. The molecule has 2 aromatic rings. The molecule has 2 rings (SSSR count). The molecule has 0 radical (unpaired) electrons. The summed E-state index contributed by atoms with van der Waals surface area (Å²) in [4.78, 5) is 34.4. The van der Waals surface area contributed by atoms with Crippen molar-refractivity contribution in [3.63, 3.8) is 0 Å². The maximum atomic E-state index is 12.1. The number of methoxy groups -OCH3 is 1. The van der Waals surface area contributed by atoms with Crippen LogP contribution in [0, 0.1) is 17.0 Å². The van der Waals surface area contributed by atoms with Crippen LogP contribution in [0.1, 0.15) is 34.5 Å². The Kier molecular flexibility index (Phi) is 6.48. The molecule has 0 fully saturated rings. The van der Waals surface area contributed by atoms with Crippen molar-refractivity contribution in [2.75, 3.05) is 13.7 Å². The fourth-order valence-electron chi connectivity index (χ4n) is 2.59. The minimum Gasteiger partial charge on any atom is -0.496 e. The standard InChI is InChI=1S/C19H21N3O5/c1-12-7-8-17(27-3)16(9-12)13(2)21-18(23)11-20-19(24)14-5-4-6-15(10-14)22(25)26/h4-10,13H,11H2,1-3H3,(H,20,24)(H,21,23)/t13-/m0/s1. The number of aryl methyl sites for hydroxylation is 1. The minimum absolute atomic E-state index is 0.116. The first-order valence-corrected chi connectivity index (χ1v) is 8.28. The van der Waals surface area contributed by atoms with Crippen molar-refractivity contribution in [1.29, 1.82) is 0 Å². The van der Waals surface area contributed by atoms with Crippen molar-refractivity contribution < 1.29 is 19.2 Å². The number of benzene rings is 2. The SMILES string of the molecule is COc1ccc(C)cc1[C@H](C)NC(=O)CNC(=O)c1cccc([N+](=O)[O-])c1. The molecular weight excluding hydrogens is 350 g/mol. The first kappa shape index (κ1) is 19.9. The molecule has 142 valence electrons. The second kappa shape index (κ2) is 8.79. The van der Waals surface area contributed by atoms with Crippen LogP contribution in [-0.4, -0.2) is 30.4 Å². The van der Waals surface area contributed by atoms with Crippen LogP contribution in [0.3, 0.4) is 0 Å². The predicted octanol–water partition coefficient (Wildman–Crippen LogP) is 2.52. The van der Waals surface area contributed by atoms with Gasteiger partial charge in [0.1, 0.15) is 5.75 Å². The molecule has 0 aromatic heterocycles. The van der Waals surface area contributed by atoms with Gasteiger partial charge in [0, 0.05) is 23.3 Å². The Morgan fingerprint density at radius 1 is 1.22 bits per heavy atom. The minimum atomic E-state index is -0.583. The smallest absolute Gasteiger partial charge is 0.270 e. The van der Waals surface area contributed by atoms with E-state index in [1.54, 1.807) is 7.11 Å². The van der Waals surface area contributed by atoms with E-state index in [1.807, 2.05) is 32.0 Å². The fraction of sp³-hybridized carbons (Fsp3) is 0.263. The number of nitrogens with zero attached hydrogens (tertiary/aromatic N) is 1. The number of nitro groups is 1. The van der Waals surface area contributed by atoms with Gasteiger partial charge < -0.3 is 15.4 Å². The van der Waals surface area contributed by atoms with Crippen molar-refractivity contribution in [3.8, 4) is 5.75 Å². The lowest BCUT2D eigenvalue weighted by Gasteiger charge is -2.18. The fourth-order valence-corrected chi connectivity index (χ4v) is 2.59. The maximum Gasteiger partial charge on any atom is 0.270 e. The maximum absolute atomic E-state index is 12.1. The summed E-state index contributed by atoms with van der Waals surface area (Å²) in [6.45, 7) is 3.51. The number of rotatable bonds is 7. The zero-order valence-electron chi connectivity index (χ0n) is 15.3. The first-order chi connectivity index (χ1) is 12.8. The van der Waals surface area contributed by atoms with Crippen LogP contribution in [0.2, 0.25) is 0 Å². The van der Waals surface area contributed by atoms with E-state index in [0.717, 1.165) is 17.2 Å². The summed E-state index contributed by atoms with van der Waals surface area (Å²) < 4.78 is 5.31. The van der Waals surface area contributed by atoms with Crippen LogP contribution in [-0.2, 0) is 4.79 Å². The molecule has 0 heterocycles. The molecule has 0 saturated carbocycles. The summed E-state index contributed by atoms with van der Waals surface area (Å²) in [5, 5.41) is 16.0. The number of amides is 2. The lowest BCUT2D eigenvalue weighted by atomic mass is 10.0. The highest BCUT2D eigenvalue weighted by Gasteiger charge is 2.16. The van der Waals surface area contributed by atoms with Gasteiger partial charge in [0.2, 0.25) is 5.91 Å². The summed E-state index contributed by atoms with van der Waals surface area (Å²) in [7, 11) is 1.56. The van der Waals surface area contributed by atoms with Gasteiger partial charge in [-0.1, -0.05) is 23.8 Å². The van der Waals surface area contributed by atoms with Gasteiger partial charge in [-0.15, -0.1) is 0 Å². The summed E-state index contributed by atoms with van der Waals surface area (Å²) in [6.07, 6.45) is 0. The molecule has 1 atom stereocenters. The van der Waals surface area contributed by atoms with Gasteiger partial charge in [0.25, 0.3) is 11.6 Å². The summed E-state index contributed by atoms with van der Waals surface area (Å²) in [5.41, 5.74) is 1.79. The average molecular weight is 371 g/mol. The van der Waals surface area contributed by atoms with Crippen LogP contribution in [0.4, 0.5) is 5.69 Å². The highest BCUT2D eigenvalue weighted by Crippen LogP contribution is 2.25. The third-order valence-electron chi connectivity index (χ3n) is 3.96. The average Bonchev–Trinajstić information content (AvgIpc) is 2.66. The predicted molar refractivity (Wildman–Crippen MR) is 99.7 cm³/mol. The molecule has 0 aliphatic rings. The molecule has 0 saturated heterocycles. The molecule has 2 aromatic carbocycles. The molecule has 2 amide bonds. The van der Waals surface area contributed by atoms with E-state index in [2.05, 4.69) is 10.6 Å². The van der Waals surface area contributed by atoms with Crippen molar-refractivity contribution in [1.82, 2.24) is 10.6 Å². The molecule has 0 spiro atoms. The topological polar surface area (TPSA) is 111 Å². The number of hydrogen-bond donors (Lipinski definition) is 2. The molecule has 8 nitrogen and oxygen atoms in total.